The Labute approximate surface area is 153 Å². The van der Waals surface area contributed by atoms with Gasteiger partial charge >= 0.3 is 0 Å². The van der Waals surface area contributed by atoms with Gasteiger partial charge in [0, 0.05) is 24.7 Å². The Morgan fingerprint density at radius 3 is 2.35 bits per heavy atom. The average molecular weight is 352 g/mol. The molecule has 0 saturated carbocycles. The molecule has 1 heterocycles. The van der Waals surface area contributed by atoms with Crippen molar-refractivity contribution < 1.29 is 9.59 Å². The molecule has 0 atom stereocenters. The number of nitrogens with zero attached hydrogens (tertiary/aromatic N) is 1. The summed E-state index contributed by atoms with van der Waals surface area (Å²) in [5.74, 6) is -0.380. The molecule has 0 bridgehead atoms. The van der Waals surface area contributed by atoms with Gasteiger partial charge in [0.05, 0.1) is 17.9 Å². The fraction of sp³-hybridized carbons (Fsp3) is 0.300. The maximum Gasteiger partial charge on any atom is 0.243 e. The molecule has 4 N–H and O–H groups in total. The van der Waals surface area contributed by atoms with Gasteiger partial charge in [-0.2, -0.15) is 0 Å². The van der Waals surface area contributed by atoms with Gasteiger partial charge in [0.1, 0.15) is 0 Å². The first-order chi connectivity index (χ1) is 12.6. The summed E-state index contributed by atoms with van der Waals surface area (Å²) in [5, 5.41) is 6.08. The number of amides is 2. The molecule has 0 spiro atoms. The first-order valence-corrected chi connectivity index (χ1v) is 8.85. The molecule has 0 aromatic heterocycles. The van der Waals surface area contributed by atoms with Gasteiger partial charge in [-0.1, -0.05) is 30.3 Å². The molecule has 0 unspecified atom stereocenters. The van der Waals surface area contributed by atoms with E-state index in [9.17, 15) is 9.59 Å². The molecule has 2 aromatic carbocycles. The first-order valence-electron chi connectivity index (χ1n) is 8.85. The summed E-state index contributed by atoms with van der Waals surface area (Å²) in [7, 11) is 0. The van der Waals surface area contributed by atoms with E-state index in [2.05, 4.69) is 15.5 Å². The van der Waals surface area contributed by atoms with E-state index in [1.807, 2.05) is 54.6 Å². The van der Waals surface area contributed by atoms with Gasteiger partial charge in [0.25, 0.3) is 0 Å². The minimum Gasteiger partial charge on any atom is -0.376 e. The van der Waals surface area contributed by atoms with E-state index < -0.39 is 0 Å². The van der Waals surface area contributed by atoms with Crippen LogP contribution in [0.3, 0.4) is 0 Å². The van der Waals surface area contributed by atoms with E-state index in [1.165, 1.54) is 0 Å². The summed E-state index contributed by atoms with van der Waals surface area (Å²) in [6.07, 6.45) is 1.49. The van der Waals surface area contributed by atoms with Gasteiger partial charge in [-0.15, -0.1) is 0 Å². The van der Waals surface area contributed by atoms with Crippen LogP contribution in [-0.4, -0.2) is 31.4 Å². The molecule has 1 fully saturated rings. The molecule has 6 nitrogen and oxygen atoms in total. The first kappa shape index (κ1) is 17.8. The van der Waals surface area contributed by atoms with Gasteiger partial charge in [0.15, 0.2) is 0 Å². The van der Waals surface area contributed by atoms with E-state index in [1.54, 1.807) is 0 Å². The molecule has 3 rings (SSSR count). The number of primary amides is 1. The lowest BCUT2D eigenvalue weighted by atomic mass is 9.96. The van der Waals surface area contributed by atoms with Gasteiger partial charge < -0.3 is 21.3 Å². The van der Waals surface area contributed by atoms with Crippen LogP contribution >= 0.6 is 0 Å². The molecule has 1 saturated heterocycles. The van der Waals surface area contributed by atoms with Crippen LogP contribution in [0.5, 0.6) is 0 Å². The molecule has 136 valence electrons. The molecule has 26 heavy (non-hydrogen) atoms. The Balaban J connectivity index is 1.60. The number of nitrogens with one attached hydrogen (secondary N) is 2. The lowest BCUT2D eigenvalue weighted by molar-refractivity contribution is -0.122. The van der Waals surface area contributed by atoms with Crippen molar-refractivity contribution in [3.05, 3.63) is 54.6 Å². The second kappa shape index (κ2) is 8.38. The van der Waals surface area contributed by atoms with Gasteiger partial charge in [0.2, 0.25) is 11.8 Å². The molecular weight excluding hydrogens is 328 g/mol. The van der Waals surface area contributed by atoms with Crippen molar-refractivity contribution in [2.45, 2.75) is 12.8 Å². The summed E-state index contributed by atoms with van der Waals surface area (Å²) in [6.45, 7) is 1.70. The van der Waals surface area contributed by atoms with E-state index in [4.69, 9.17) is 5.73 Å². The highest BCUT2D eigenvalue weighted by molar-refractivity contribution is 5.96. The fourth-order valence-corrected chi connectivity index (χ4v) is 3.19. The predicted molar refractivity (Wildman–Crippen MR) is 104 cm³/mol. The van der Waals surface area contributed by atoms with Crippen LogP contribution in [0.1, 0.15) is 12.8 Å². The number of carbonyl (C=O) groups excluding carboxylic acids is 2. The van der Waals surface area contributed by atoms with Crippen molar-refractivity contribution in [1.82, 2.24) is 0 Å². The number of piperidine rings is 1. The minimum atomic E-state index is -0.224. The van der Waals surface area contributed by atoms with Crippen LogP contribution in [0.4, 0.5) is 17.1 Å². The minimum absolute atomic E-state index is 0.0527. The second-order valence-corrected chi connectivity index (χ2v) is 6.45. The van der Waals surface area contributed by atoms with Crippen molar-refractivity contribution in [3.63, 3.8) is 0 Å². The van der Waals surface area contributed by atoms with Crippen LogP contribution in [0.2, 0.25) is 0 Å². The third-order valence-corrected chi connectivity index (χ3v) is 4.64. The highest BCUT2D eigenvalue weighted by Gasteiger charge is 2.24. The highest BCUT2D eigenvalue weighted by Crippen LogP contribution is 2.29. The monoisotopic (exact) mass is 352 g/mol. The van der Waals surface area contributed by atoms with Crippen molar-refractivity contribution in [3.8, 4) is 0 Å². The number of hydrogen-bond acceptors (Lipinski definition) is 4. The molecule has 2 aromatic rings. The normalized spacial score (nSPS) is 14.7. The summed E-state index contributed by atoms with van der Waals surface area (Å²) in [6, 6.07) is 17.4. The second-order valence-electron chi connectivity index (χ2n) is 6.45. The molecule has 1 aliphatic rings. The van der Waals surface area contributed by atoms with E-state index in [-0.39, 0.29) is 24.3 Å². The Morgan fingerprint density at radius 1 is 1.00 bits per heavy atom. The Kier molecular flexibility index (Phi) is 5.73. The highest BCUT2D eigenvalue weighted by atomic mass is 16.2. The van der Waals surface area contributed by atoms with Crippen LogP contribution in [0.15, 0.2) is 54.6 Å². The van der Waals surface area contributed by atoms with Crippen LogP contribution in [0.25, 0.3) is 0 Å². The number of para-hydroxylation sites is 3. The lowest BCUT2D eigenvalue weighted by Gasteiger charge is -2.33. The predicted octanol–water partition coefficient (Wildman–Crippen LogP) is 2.44. The number of hydrogen-bond donors (Lipinski definition) is 3. The number of rotatable bonds is 6. The van der Waals surface area contributed by atoms with E-state index in [0.717, 1.165) is 43.0 Å². The smallest absolute Gasteiger partial charge is 0.243 e. The van der Waals surface area contributed by atoms with Gasteiger partial charge in [-0.05, 0) is 37.1 Å². The van der Waals surface area contributed by atoms with Crippen LogP contribution < -0.4 is 21.3 Å². The zero-order chi connectivity index (χ0) is 18.4. The third-order valence-electron chi connectivity index (χ3n) is 4.64. The number of anilines is 3. The van der Waals surface area contributed by atoms with Crippen LogP contribution in [-0.2, 0) is 9.59 Å². The zero-order valence-electron chi connectivity index (χ0n) is 14.7. The molecular formula is C20H24N4O2. The summed E-state index contributed by atoms with van der Waals surface area (Å²) in [5.41, 5.74) is 8.07. The maximum absolute atomic E-state index is 12.3. The quantitative estimate of drug-likeness (QED) is 0.745. The Bertz CT molecular complexity index is 755. The largest absolute Gasteiger partial charge is 0.376 e. The molecule has 0 aliphatic carbocycles. The fourth-order valence-electron chi connectivity index (χ4n) is 3.19. The van der Waals surface area contributed by atoms with Crippen molar-refractivity contribution in [2.24, 2.45) is 11.7 Å². The molecule has 6 heteroatoms. The van der Waals surface area contributed by atoms with E-state index in [0.29, 0.717) is 0 Å². The number of benzene rings is 2. The number of carbonyl (C=O) groups is 2. The maximum atomic E-state index is 12.3. The standard InChI is InChI=1S/C20H24N4O2/c21-20(26)15-10-12-24(13-11-15)18-9-5-4-8-17(18)23-19(25)14-22-16-6-2-1-3-7-16/h1-9,15,22H,10-14H2,(H2,21,26)(H,23,25). The topological polar surface area (TPSA) is 87.5 Å². The van der Waals surface area contributed by atoms with Crippen molar-refractivity contribution in [2.75, 3.05) is 35.2 Å². The summed E-state index contributed by atoms with van der Waals surface area (Å²) >= 11 is 0. The lowest BCUT2D eigenvalue weighted by Crippen LogP contribution is -2.39. The Morgan fingerprint density at radius 2 is 1.65 bits per heavy atom. The zero-order valence-corrected chi connectivity index (χ0v) is 14.7. The van der Waals surface area contributed by atoms with Crippen molar-refractivity contribution in [1.29, 1.82) is 0 Å². The molecule has 1 aliphatic heterocycles. The average Bonchev–Trinajstić information content (AvgIpc) is 2.68. The summed E-state index contributed by atoms with van der Waals surface area (Å²) in [4.78, 5) is 25.8. The molecule has 0 radical (unpaired) electrons. The van der Waals surface area contributed by atoms with Crippen molar-refractivity contribution >= 4 is 28.9 Å². The third kappa shape index (κ3) is 4.53. The Hall–Kier alpha value is -3.02. The molecule has 2 amide bonds. The van der Waals surface area contributed by atoms with Gasteiger partial charge in [-0.25, -0.2) is 0 Å². The van der Waals surface area contributed by atoms with Crippen LogP contribution in [0, 0.1) is 5.92 Å². The van der Waals surface area contributed by atoms with Gasteiger partial charge in [-0.3, -0.25) is 9.59 Å². The van der Waals surface area contributed by atoms with E-state index >= 15 is 0 Å². The SMILES string of the molecule is NC(=O)C1CCN(c2ccccc2NC(=O)CNc2ccccc2)CC1. The summed E-state index contributed by atoms with van der Waals surface area (Å²) < 4.78 is 0. The number of nitrogens with two attached hydrogens (primary N) is 1.